The van der Waals surface area contributed by atoms with Crippen LogP contribution in [0.15, 0.2) is 23.0 Å². The highest BCUT2D eigenvalue weighted by Gasteiger charge is 2.15. The average molecular weight is 352 g/mol. The number of pyridine rings is 1. The van der Waals surface area contributed by atoms with Crippen molar-refractivity contribution in [1.82, 2.24) is 4.57 Å². The predicted molar refractivity (Wildman–Crippen MR) is 83.7 cm³/mol. The molecule has 2 aromatic rings. The molecule has 0 bridgehead atoms. The average Bonchev–Trinajstić information content (AvgIpc) is 2.74. The lowest BCUT2D eigenvalue weighted by Gasteiger charge is -2.10. The Hall–Kier alpha value is -1.01. The molecule has 0 aliphatic heterocycles. The molecule has 106 valence electrons. The van der Waals surface area contributed by atoms with Crippen LogP contribution < -0.4 is 10.9 Å². The third-order valence-corrected chi connectivity index (χ3v) is 4.82. The van der Waals surface area contributed by atoms with Gasteiger partial charge in [-0.15, -0.1) is 11.3 Å². The van der Waals surface area contributed by atoms with Crippen molar-refractivity contribution in [2.45, 2.75) is 13.5 Å². The summed E-state index contributed by atoms with van der Waals surface area (Å²) >= 11 is 18.8. The first-order chi connectivity index (χ1) is 9.43. The molecule has 0 radical (unpaired) electrons. The van der Waals surface area contributed by atoms with Crippen LogP contribution >= 0.6 is 46.1 Å². The molecule has 2 heterocycles. The highest BCUT2D eigenvalue weighted by Crippen LogP contribution is 2.32. The van der Waals surface area contributed by atoms with E-state index in [0.29, 0.717) is 26.5 Å². The van der Waals surface area contributed by atoms with E-state index in [1.165, 1.54) is 22.8 Å². The Labute approximate surface area is 133 Å². The van der Waals surface area contributed by atoms with E-state index in [-0.39, 0.29) is 16.6 Å². The lowest BCUT2D eigenvalue weighted by Crippen LogP contribution is -2.21. The number of hydrogen-bond acceptors (Lipinski definition) is 3. The maximum atomic E-state index is 12.1. The van der Waals surface area contributed by atoms with Crippen molar-refractivity contribution in [2.24, 2.45) is 0 Å². The van der Waals surface area contributed by atoms with Crippen LogP contribution in [0.25, 0.3) is 0 Å². The Kier molecular flexibility index (Phi) is 4.75. The zero-order valence-corrected chi connectivity index (χ0v) is 13.3. The van der Waals surface area contributed by atoms with E-state index in [2.05, 4.69) is 5.32 Å². The number of nitrogens with zero attached hydrogens (tertiary/aromatic N) is 1. The smallest absolute Gasteiger partial charge is 0.265 e. The normalized spacial score (nSPS) is 10.6. The molecule has 0 aliphatic carbocycles. The fourth-order valence-corrected chi connectivity index (χ4v) is 3.16. The third kappa shape index (κ3) is 3.01. The number of anilines is 1. The first kappa shape index (κ1) is 15.4. The van der Waals surface area contributed by atoms with Crippen LogP contribution in [0.1, 0.15) is 16.6 Å². The van der Waals surface area contributed by atoms with Crippen molar-refractivity contribution in [2.75, 3.05) is 5.32 Å². The second-order valence-electron chi connectivity index (χ2n) is 3.81. The van der Waals surface area contributed by atoms with Gasteiger partial charge in [-0.3, -0.25) is 14.2 Å². The molecule has 0 saturated heterocycles. The van der Waals surface area contributed by atoms with Gasteiger partial charge in [0.05, 0.1) is 15.6 Å². The van der Waals surface area contributed by atoms with Gasteiger partial charge < -0.3 is 5.32 Å². The highest BCUT2D eigenvalue weighted by atomic mass is 35.5. The largest absolute Gasteiger partial charge is 0.319 e. The van der Waals surface area contributed by atoms with Crippen molar-refractivity contribution < 1.29 is 4.79 Å². The molecular formula is C12H9Cl3N2O2S. The lowest BCUT2D eigenvalue weighted by atomic mass is 10.3. The molecule has 0 aromatic carbocycles. The van der Waals surface area contributed by atoms with Crippen LogP contribution in [-0.2, 0) is 6.54 Å². The SMILES string of the molecule is CCn1c(Cl)c(NC(=O)c2cc(Cl)c(Cl)s2)ccc1=O. The predicted octanol–water partition coefficient (Wildman–Crippen LogP) is 4.14. The summed E-state index contributed by atoms with van der Waals surface area (Å²) < 4.78 is 1.70. The van der Waals surface area contributed by atoms with Crippen LogP contribution in [0.5, 0.6) is 0 Å². The van der Waals surface area contributed by atoms with Gasteiger partial charge in [-0.05, 0) is 19.1 Å². The summed E-state index contributed by atoms with van der Waals surface area (Å²) in [6, 6.07) is 4.29. The molecule has 0 fully saturated rings. The van der Waals surface area contributed by atoms with Gasteiger partial charge in [0.1, 0.15) is 9.49 Å². The standard InChI is InChI=1S/C12H9Cl3N2O2S/c1-2-17-9(18)4-3-7(10(17)14)16-12(19)8-5-6(13)11(15)20-8/h3-5H,2H2,1H3,(H,16,19). The molecule has 0 aliphatic rings. The molecule has 2 rings (SSSR count). The topological polar surface area (TPSA) is 51.1 Å². The van der Waals surface area contributed by atoms with Gasteiger partial charge in [0.2, 0.25) is 0 Å². The van der Waals surface area contributed by atoms with Gasteiger partial charge in [-0.25, -0.2) is 0 Å². The fraction of sp³-hybridized carbons (Fsp3) is 0.167. The van der Waals surface area contributed by atoms with Crippen LogP contribution in [0, 0.1) is 0 Å². The van der Waals surface area contributed by atoms with E-state index in [4.69, 9.17) is 34.8 Å². The lowest BCUT2D eigenvalue weighted by molar-refractivity contribution is 0.103. The number of thiophene rings is 1. The van der Waals surface area contributed by atoms with Crippen LogP contribution in [0.4, 0.5) is 5.69 Å². The molecule has 1 amide bonds. The second kappa shape index (κ2) is 6.18. The van der Waals surface area contributed by atoms with Crippen molar-refractivity contribution in [3.63, 3.8) is 0 Å². The Morgan fingerprint density at radius 2 is 2.05 bits per heavy atom. The fourth-order valence-electron chi connectivity index (χ4n) is 1.59. The van der Waals surface area contributed by atoms with E-state index in [9.17, 15) is 9.59 Å². The summed E-state index contributed by atoms with van der Waals surface area (Å²) in [5.41, 5.74) is 0.136. The van der Waals surface area contributed by atoms with Crippen LogP contribution in [0.2, 0.25) is 14.5 Å². The summed E-state index contributed by atoms with van der Waals surface area (Å²) in [6.45, 7) is 2.20. The Morgan fingerprint density at radius 1 is 1.35 bits per heavy atom. The molecule has 20 heavy (non-hydrogen) atoms. The van der Waals surface area contributed by atoms with E-state index in [1.54, 1.807) is 6.92 Å². The van der Waals surface area contributed by atoms with Gasteiger partial charge in [0.15, 0.2) is 0 Å². The van der Waals surface area contributed by atoms with Gasteiger partial charge in [0, 0.05) is 12.6 Å². The Bertz CT molecular complexity index is 704. The quantitative estimate of drug-likeness (QED) is 0.845. The molecule has 1 N–H and O–H groups in total. The maximum absolute atomic E-state index is 12.1. The van der Waals surface area contributed by atoms with Crippen molar-refractivity contribution in [3.05, 3.63) is 47.9 Å². The highest BCUT2D eigenvalue weighted by molar-refractivity contribution is 7.18. The zero-order valence-electron chi connectivity index (χ0n) is 10.2. The molecule has 0 spiro atoms. The Morgan fingerprint density at radius 3 is 2.60 bits per heavy atom. The number of carbonyl (C=O) groups is 1. The molecule has 0 atom stereocenters. The molecular weight excluding hydrogens is 343 g/mol. The van der Waals surface area contributed by atoms with Crippen LogP contribution in [0.3, 0.4) is 0 Å². The number of aromatic nitrogens is 1. The van der Waals surface area contributed by atoms with E-state index in [0.717, 1.165) is 11.3 Å². The number of hydrogen-bond donors (Lipinski definition) is 1. The van der Waals surface area contributed by atoms with Crippen molar-refractivity contribution >= 4 is 57.7 Å². The van der Waals surface area contributed by atoms with Gasteiger partial charge in [0.25, 0.3) is 11.5 Å². The van der Waals surface area contributed by atoms with Crippen LogP contribution in [-0.4, -0.2) is 10.5 Å². The molecule has 4 nitrogen and oxygen atoms in total. The summed E-state index contributed by atoms with van der Waals surface area (Å²) in [5, 5.41) is 3.14. The molecule has 0 saturated carbocycles. The number of halogens is 3. The van der Waals surface area contributed by atoms with E-state index in [1.807, 2.05) is 0 Å². The summed E-state index contributed by atoms with van der Waals surface area (Å²) in [5.74, 6) is -0.382. The van der Waals surface area contributed by atoms with Crippen molar-refractivity contribution in [3.8, 4) is 0 Å². The van der Waals surface area contributed by atoms with E-state index < -0.39 is 0 Å². The minimum atomic E-state index is -0.382. The van der Waals surface area contributed by atoms with E-state index >= 15 is 0 Å². The summed E-state index contributed by atoms with van der Waals surface area (Å²) in [7, 11) is 0. The minimum absolute atomic E-state index is 0.183. The third-order valence-electron chi connectivity index (χ3n) is 2.55. The molecule has 0 unspecified atom stereocenters. The maximum Gasteiger partial charge on any atom is 0.265 e. The van der Waals surface area contributed by atoms with Gasteiger partial charge in [-0.2, -0.15) is 0 Å². The first-order valence-electron chi connectivity index (χ1n) is 5.59. The monoisotopic (exact) mass is 350 g/mol. The minimum Gasteiger partial charge on any atom is -0.319 e. The number of nitrogens with one attached hydrogen (secondary N) is 1. The van der Waals surface area contributed by atoms with Crippen molar-refractivity contribution in [1.29, 1.82) is 0 Å². The number of amides is 1. The van der Waals surface area contributed by atoms with Gasteiger partial charge >= 0.3 is 0 Å². The number of rotatable bonds is 3. The molecule has 2 aromatic heterocycles. The summed E-state index contributed by atoms with van der Waals surface area (Å²) in [4.78, 5) is 24.0. The number of carbonyl (C=O) groups excluding carboxylic acids is 1. The molecule has 8 heteroatoms. The second-order valence-corrected chi connectivity index (χ2v) is 6.23. The van der Waals surface area contributed by atoms with Gasteiger partial charge in [-0.1, -0.05) is 34.8 Å². The summed E-state index contributed by atoms with van der Waals surface area (Å²) in [6.07, 6.45) is 0. The zero-order chi connectivity index (χ0) is 14.9. The first-order valence-corrected chi connectivity index (χ1v) is 7.54. The Balaban J connectivity index is 2.31.